The Morgan fingerprint density at radius 1 is 1.12 bits per heavy atom. The van der Waals surface area contributed by atoms with Crippen molar-refractivity contribution in [3.63, 3.8) is 0 Å². The van der Waals surface area contributed by atoms with Crippen molar-refractivity contribution in [3.05, 3.63) is 0 Å². The molecule has 0 aliphatic rings. The number of amides is 4. The van der Waals surface area contributed by atoms with Gasteiger partial charge in [-0.15, -0.1) is 0 Å². The summed E-state index contributed by atoms with van der Waals surface area (Å²) in [5, 5.41) is 15.6. The lowest BCUT2D eigenvalue weighted by Crippen LogP contribution is -2.52. The van der Waals surface area contributed by atoms with Gasteiger partial charge in [0.2, 0.25) is 23.6 Å². The number of hydrogen-bond donors (Lipinski definition) is 6. The molecule has 0 saturated carbocycles. The van der Waals surface area contributed by atoms with E-state index in [-0.39, 0.29) is 0 Å². The van der Waals surface area contributed by atoms with Crippen LogP contribution in [0, 0.1) is 0 Å². The van der Waals surface area contributed by atoms with Crippen LogP contribution in [0.1, 0.15) is 19.8 Å². The van der Waals surface area contributed by atoms with Gasteiger partial charge in [0.05, 0.1) is 19.0 Å². The quantitative estimate of drug-likeness (QED) is 0.204. The summed E-state index contributed by atoms with van der Waals surface area (Å²) in [5.74, 6) is -3.57. The summed E-state index contributed by atoms with van der Waals surface area (Å²) in [7, 11) is 0. The average molecular weight is 391 g/mol. The maximum absolute atomic E-state index is 11.9. The molecule has 0 fully saturated rings. The van der Waals surface area contributed by atoms with Gasteiger partial charge in [-0.1, -0.05) is 0 Å². The van der Waals surface area contributed by atoms with E-state index in [2.05, 4.69) is 16.0 Å². The fourth-order valence-corrected chi connectivity index (χ4v) is 2.22. The Bertz CT molecular complexity index is 544. The number of hydrogen-bond acceptors (Lipinski definition) is 7. The number of carboxylic acid groups (broad SMARTS) is 1. The SMILES string of the molecule is CSCCC(N)C(=O)NC(C)C(=O)NCC(=O)NC(CC(N)=O)C(=O)O. The van der Waals surface area contributed by atoms with E-state index in [0.717, 1.165) is 0 Å². The van der Waals surface area contributed by atoms with Crippen LogP contribution >= 0.6 is 11.8 Å². The topological polar surface area (TPSA) is 194 Å². The summed E-state index contributed by atoms with van der Waals surface area (Å²) in [6.07, 6.45) is 1.76. The first-order valence-electron chi connectivity index (χ1n) is 7.71. The second-order valence-electron chi connectivity index (χ2n) is 5.46. The fraction of sp³-hybridized carbons (Fsp3) is 0.643. The average Bonchev–Trinajstić information content (AvgIpc) is 2.56. The molecule has 0 aromatic rings. The molecular formula is C14H25N5O6S. The molecule has 0 rings (SSSR count). The highest BCUT2D eigenvalue weighted by Crippen LogP contribution is 1.99. The second kappa shape index (κ2) is 12.1. The number of nitrogens with two attached hydrogens (primary N) is 2. The van der Waals surface area contributed by atoms with E-state index in [1.54, 1.807) is 0 Å². The zero-order chi connectivity index (χ0) is 20.3. The standard InChI is InChI=1S/C14H25N5O6S/c1-7(18-13(23)8(15)3-4-26-2)12(22)17-6-11(21)19-9(14(24)25)5-10(16)20/h7-9H,3-6,15H2,1-2H3,(H2,16,20)(H,17,22)(H,18,23)(H,19,21)(H,24,25). The van der Waals surface area contributed by atoms with Crippen molar-refractivity contribution in [2.45, 2.75) is 37.9 Å². The number of primary amides is 1. The van der Waals surface area contributed by atoms with Gasteiger partial charge in [0, 0.05) is 0 Å². The molecule has 4 amide bonds. The van der Waals surface area contributed by atoms with Crippen molar-refractivity contribution in [2.24, 2.45) is 11.5 Å². The summed E-state index contributed by atoms with van der Waals surface area (Å²) >= 11 is 1.54. The van der Waals surface area contributed by atoms with Crippen LogP contribution in [0.3, 0.4) is 0 Å². The van der Waals surface area contributed by atoms with E-state index in [9.17, 15) is 24.0 Å². The third kappa shape index (κ3) is 9.84. The predicted molar refractivity (Wildman–Crippen MR) is 95.0 cm³/mol. The maximum atomic E-state index is 11.9. The molecule has 3 unspecified atom stereocenters. The highest BCUT2D eigenvalue weighted by molar-refractivity contribution is 7.98. The van der Waals surface area contributed by atoms with E-state index >= 15 is 0 Å². The molecule has 3 atom stereocenters. The Morgan fingerprint density at radius 3 is 2.23 bits per heavy atom. The van der Waals surface area contributed by atoms with Gasteiger partial charge in [-0.05, 0) is 25.4 Å². The summed E-state index contributed by atoms with van der Waals surface area (Å²) in [6, 6.07) is -3.16. The minimum absolute atomic E-state index is 0.459. The predicted octanol–water partition coefficient (Wildman–Crippen LogP) is -2.87. The number of carbonyl (C=O) groups excluding carboxylic acids is 4. The second-order valence-corrected chi connectivity index (χ2v) is 6.45. The molecule has 0 saturated heterocycles. The van der Waals surface area contributed by atoms with Crippen LogP contribution < -0.4 is 27.4 Å². The zero-order valence-corrected chi connectivity index (χ0v) is 15.4. The van der Waals surface area contributed by atoms with Gasteiger partial charge in [-0.25, -0.2) is 4.79 Å². The Hall–Kier alpha value is -2.34. The Balaban J connectivity index is 4.37. The number of carboxylic acids is 1. The zero-order valence-electron chi connectivity index (χ0n) is 14.6. The van der Waals surface area contributed by atoms with Crippen molar-refractivity contribution >= 4 is 41.4 Å². The number of rotatable bonds is 12. The largest absolute Gasteiger partial charge is 0.480 e. The van der Waals surface area contributed by atoms with E-state index in [4.69, 9.17) is 16.6 Å². The first kappa shape index (κ1) is 23.7. The molecule has 0 aromatic carbocycles. The number of carbonyl (C=O) groups is 5. The smallest absolute Gasteiger partial charge is 0.326 e. The van der Waals surface area contributed by atoms with Crippen LogP contribution in [0.25, 0.3) is 0 Å². The first-order valence-corrected chi connectivity index (χ1v) is 9.10. The highest BCUT2D eigenvalue weighted by atomic mass is 32.2. The molecule has 11 nitrogen and oxygen atoms in total. The Labute approximate surface area is 155 Å². The van der Waals surface area contributed by atoms with E-state index in [1.165, 1.54) is 18.7 Å². The lowest BCUT2D eigenvalue weighted by atomic mass is 10.2. The van der Waals surface area contributed by atoms with Gasteiger partial charge >= 0.3 is 5.97 Å². The minimum Gasteiger partial charge on any atom is -0.480 e. The van der Waals surface area contributed by atoms with Crippen LogP contribution in [0.2, 0.25) is 0 Å². The van der Waals surface area contributed by atoms with Crippen molar-refractivity contribution in [2.75, 3.05) is 18.6 Å². The normalized spacial score (nSPS) is 13.8. The molecule has 0 aliphatic carbocycles. The van der Waals surface area contributed by atoms with Gasteiger partial charge in [-0.2, -0.15) is 11.8 Å². The molecule has 26 heavy (non-hydrogen) atoms. The molecular weight excluding hydrogens is 366 g/mol. The molecule has 0 spiro atoms. The third-order valence-corrected chi connectivity index (χ3v) is 3.83. The van der Waals surface area contributed by atoms with Gasteiger partial charge < -0.3 is 32.5 Å². The molecule has 0 heterocycles. The summed E-state index contributed by atoms with van der Waals surface area (Å²) in [5.41, 5.74) is 10.6. The van der Waals surface area contributed by atoms with Crippen LogP contribution in [0.4, 0.5) is 0 Å². The van der Waals surface area contributed by atoms with Crippen molar-refractivity contribution in [1.29, 1.82) is 0 Å². The lowest BCUT2D eigenvalue weighted by Gasteiger charge is -2.17. The van der Waals surface area contributed by atoms with E-state index < -0.39 is 60.7 Å². The Kier molecular flexibility index (Phi) is 11.0. The van der Waals surface area contributed by atoms with Gasteiger partial charge in [0.25, 0.3) is 0 Å². The maximum Gasteiger partial charge on any atom is 0.326 e. The number of aliphatic carboxylic acids is 1. The van der Waals surface area contributed by atoms with Crippen LogP contribution in [-0.2, 0) is 24.0 Å². The number of nitrogens with one attached hydrogen (secondary N) is 3. The Morgan fingerprint density at radius 2 is 1.73 bits per heavy atom. The van der Waals surface area contributed by atoms with E-state index in [1.807, 2.05) is 6.26 Å². The van der Waals surface area contributed by atoms with Crippen molar-refractivity contribution < 1.29 is 29.1 Å². The monoisotopic (exact) mass is 391 g/mol. The summed E-state index contributed by atoms with van der Waals surface area (Å²) in [6.45, 7) is 0.889. The van der Waals surface area contributed by atoms with Crippen molar-refractivity contribution in [1.82, 2.24) is 16.0 Å². The summed E-state index contributed by atoms with van der Waals surface area (Å²) in [4.78, 5) is 57.0. The molecule has 148 valence electrons. The molecule has 0 aliphatic heterocycles. The van der Waals surface area contributed by atoms with Crippen LogP contribution in [0.15, 0.2) is 0 Å². The van der Waals surface area contributed by atoms with Gasteiger partial charge in [-0.3, -0.25) is 19.2 Å². The fourth-order valence-electron chi connectivity index (χ4n) is 1.73. The minimum atomic E-state index is -1.48. The number of thioether (sulfide) groups is 1. The highest BCUT2D eigenvalue weighted by Gasteiger charge is 2.23. The van der Waals surface area contributed by atoms with E-state index in [0.29, 0.717) is 12.2 Å². The lowest BCUT2D eigenvalue weighted by molar-refractivity contribution is -0.143. The summed E-state index contributed by atoms with van der Waals surface area (Å²) < 4.78 is 0. The van der Waals surface area contributed by atoms with Crippen LogP contribution in [-0.4, -0.2) is 71.4 Å². The molecule has 0 radical (unpaired) electrons. The molecule has 0 bridgehead atoms. The van der Waals surface area contributed by atoms with Gasteiger partial charge in [0.1, 0.15) is 12.1 Å². The molecule has 0 aromatic heterocycles. The van der Waals surface area contributed by atoms with Crippen LogP contribution in [0.5, 0.6) is 0 Å². The molecule has 12 heteroatoms. The van der Waals surface area contributed by atoms with Crippen molar-refractivity contribution in [3.8, 4) is 0 Å². The van der Waals surface area contributed by atoms with Gasteiger partial charge in [0.15, 0.2) is 0 Å². The first-order chi connectivity index (χ1) is 12.1. The third-order valence-electron chi connectivity index (χ3n) is 3.18. The molecule has 8 N–H and O–H groups in total.